The van der Waals surface area contributed by atoms with Crippen LogP contribution in [0, 0.1) is 5.92 Å². The summed E-state index contributed by atoms with van der Waals surface area (Å²) in [6, 6.07) is 0. The van der Waals surface area contributed by atoms with E-state index in [2.05, 4.69) is 6.58 Å². The van der Waals surface area contributed by atoms with Crippen molar-refractivity contribution in [2.24, 2.45) is 5.92 Å². The van der Waals surface area contributed by atoms with E-state index in [0.29, 0.717) is 6.61 Å². The van der Waals surface area contributed by atoms with Crippen molar-refractivity contribution in [2.75, 3.05) is 6.61 Å². The van der Waals surface area contributed by atoms with Gasteiger partial charge in [0.05, 0.1) is 18.3 Å². The molecule has 0 saturated carbocycles. The quantitative estimate of drug-likeness (QED) is 0.532. The molecular weight excluding hydrogens is 192 g/mol. The molecule has 0 amide bonds. The van der Waals surface area contributed by atoms with Crippen molar-refractivity contribution in [2.45, 2.75) is 45.8 Å². The van der Waals surface area contributed by atoms with Gasteiger partial charge >= 0.3 is 5.97 Å². The van der Waals surface area contributed by atoms with E-state index in [0.717, 1.165) is 12.0 Å². The fourth-order valence-electron chi connectivity index (χ4n) is 1.84. The summed E-state index contributed by atoms with van der Waals surface area (Å²) >= 11 is 0. The summed E-state index contributed by atoms with van der Waals surface area (Å²) in [6.07, 6.45) is 0.982. The van der Waals surface area contributed by atoms with Crippen molar-refractivity contribution in [3.05, 3.63) is 12.2 Å². The second-order valence-corrected chi connectivity index (χ2v) is 4.79. The highest BCUT2D eigenvalue weighted by atomic mass is 16.5. The van der Waals surface area contributed by atoms with Crippen LogP contribution >= 0.6 is 0 Å². The Labute approximate surface area is 91.4 Å². The first-order valence-electron chi connectivity index (χ1n) is 5.29. The van der Waals surface area contributed by atoms with Gasteiger partial charge in [0.25, 0.3) is 0 Å². The van der Waals surface area contributed by atoms with Crippen LogP contribution in [-0.2, 0) is 14.3 Å². The molecule has 0 aromatic rings. The molecule has 0 aliphatic carbocycles. The summed E-state index contributed by atoms with van der Waals surface area (Å²) in [5.41, 5.74) is 0.799. The highest BCUT2D eigenvalue weighted by Gasteiger charge is 2.42. The fraction of sp³-hybridized carbons (Fsp3) is 0.750. The summed E-state index contributed by atoms with van der Waals surface area (Å²) < 4.78 is 10.9. The number of hydrogen-bond acceptors (Lipinski definition) is 3. The summed E-state index contributed by atoms with van der Waals surface area (Å²) in [4.78, 5) is 10.7. The van der Waals surface area contributed by atoms with Gasteiger partial charge in [0.15, 0.2) is 0 Å². The van der Waals surface area contributed by atoms with E-state index in [-0.39, 0.29) is 23.6 Å². The molecule has 0 spiro atoms. The molecule has 0 aromatic carbocycles. The van der Waals surface area contributed by atoms with E-state index in [1.54, 1.807) is 0 Å². The van der Waals surface area contributed by atoms with Crippen molar-refractivity contribution in [1.29, 1.82) is 0 Å². The van der Waals surface area contributed by atoms with Gasteiger partial charge < -0.3 is 9.47 Å². The minimum atomic E-state index is -0.237. The van der Waals surface area contributed by atoms with Crippen molar-refractivity contribution in [3.63, 3.8) is 0 Å². The first-order chi connectivity index (χ1) is 6.83. The Hall–Kier alpha value is -0.830. The molecule has 1 aliphatic heterocycles. The van der Waals surface area contributed by atoms with Gasteiger partial charge in [-0.3, -0.25) is 4.79 Å². The molecule has 0 radical (unpaired) electrons. The van der Waals surface area contributed by atoms with Gasteiger partial charge in [-0.15, -0.1) is 0 Å². The maximum atomic E-state index is 10.7. The summed E-state index contributed by atoms with van der Waals surface area (Å²) in [5.74, 6) is 0.0210. The zero-order valence-corrected chi connectivity index (χ0v) is 10.0. The zero-order valence-electron chi connectivity index (χ0n) is 10.0. The minimum Gasteiger partial charge on any atom is -0.465 e. The topological polar surface area (TPSA) is 35.5 Å². The number of esters is 1. The third kappa shape index (κ3) is 3.06. The van der Waals surface area contributed by atoms with Crippen LogP contribution in [0.15, 0.2) is 12.2 Å². The summed E-state index contributed by atoms with van der Waals surface area (Å²) in [5, 5.41) is 0. The Morgan fingerprint density at radius 1 is 1.53 bits per heavy atom. The van der Waals surface area contributed by atoms with E-state index in [4.69, 9.17) is 9.47 Å². The molecule has 3 nitrogen and oxygen atoms in total. The summed E-state index contributed by atoms with van der Waals surface area (Å²) in [7, 11) is 0. The molecule has 0 bridgehead atoms. The molecular formula is C12H20O3. The van der Waals surface area contributed by atoms with Crippen molar-refractivity contribution in [1.82, 2.24) is 0 Å². The third-order valence-electron chi connectivity index (χ3n) is 2.97. The van der Waals surface area contributed by atoms with Gasteiger partial charge in [0.1, 0.15) is 0 Å². The maximum Gasteiger partial charge on any atom is 0.302 e. The minimum absolute atomic E-state index is 0.0977. The van der Waals surface area contributed by atoms with Crippen LogP contribution in [-0.4, -0.2) is 24.3 Å². The second kappa shape index (κ2) is 4.35. The lowest BCUT2D eigenvalue weighted by Gasteiger charge is -2.25. The molecule has 2 atom stereocenters. The van der Waals surface area contributed by atoms with Crippen molar-refractivity contribution >= 4 is 5.97 Å². The third-order valence-corrected chi connectivity index (χ3v) is 2.97. The average molecular weight is 212 g/mol. The Morgan fingerprint density at radius 3 is 2.53 bits per heavy atom. The molecule has 1 rings (SSSR count). The van der Waals surface area contributed by atoms with E-state index in [1.807, 2.05) is 20.8 Å². The molecule has 1 aliphatic rings. The van der Waals surface area contributed by atoms with Gasteiger partial charge in [0, 0.05) is 12.8 Å². The monoisotopic (exact) mass is 212 g/mol. The Kier molecular flexibility index (Phi) is 3.55. The lowest BCUT2D eigenvalue weighted by molar-refractivity contribution is -0.143. The zero-order chi connectivity index (χ0) is 11.6. The van der Waals surface area contributed by atoms with E-state index in [1.165, 1.54) is 6.92 Å². The van der Waals surface area contributed by atoms with Crippen molar-refractivity contribution < 1.29 is 14.3 Å². The largest absolute Gasteiger partial charge is 0.465 e. The highest BCUT2D eigenvalue weighted by Crippen LogP contribution is 2.38. The molecule has 1 fully saturated rings. The van der Waals surface area contributed by atoms with Gasteiger partial charge in [0.2, 0.25) is 0 Å². The molecule has 0 aromatic heterocycles. The smallest absolute Gasteiger partial charge is 0.302 e. The first kappa shape index (κ1) is 12.2. The number of carbonyl (C=O) groups excluding carboxylic acids is 1. The van der Waals surface area contributed by atoms with Crippen LogP contribution in [0.4, 0.5) is 0 Å². The predicted molar refractivity (Wildman–Crippen MR) is 58.5 cm³/mol. The van der Waals surface area contributed by atoms with Gasteiger partial charge in [-0.1, -0.05) is 12.2 Å². The number of hydrogen-bond donors (Lipinski definition) is 0. The Bertz CT molecular complexity index is 268. The normalized spacial score (nSPS) is 28.8. The standard InChI is InChI=1S/C12H20O3/c1-8(2)11-6-10(7-14-9(3)13)12(4,5)15-11/h10-11H,1,6-7H2,2-5H3/t10-,11-/m1/s1. The summed E-state index contributed by atoms with van der Waals surface area (Å²) in [6.45, 7) is 11.8. The van der Waals surface area contributed by atoms with E-state index < -0.39 is 0 Å². The molecule has 1 saturated heterocycles. The molecule has 15 heavy (non-hydrogen) atoms. The van der Waals surface area contributed by atoms with E-state index in [9.17, 15) is 4.79 Å². The van der Waals surface area contributed by atoms with Crippen LogP contribution in [0.1, 0.15) is 34.1 Å². The highest BCUT2D eigenvalue weighted by molar-refractivity contribution is 5.65. The number of ether oxygens (including phenoxy) is 2. The second-order valence-electron chi connectivity index (χ2n) is 4.79. The number of carbonyl (C=O) groups is 1. The Balaban J connectivity index is 2.57. The average Bonchev–Trinajstić information content (AvgIpc) is 2.37. The molecule has 1 heterocycles. The van der Waals surface area contributed by atoms with E-state index >= 15 is 0 Å². The number of rotatable bonds is 3. The van der Waals surface area contributed by atoms with Gasteiger partial charge in [-0.2, -0.15) is 0 Å². The lowest BCUT2D eigenvalue weighted by atomic mass is 9.90. The van der Waals surface area contributed by atoms with Crippen LogP contribution in [0.25, 0.3) is 0 Å². The molecule has 86 valence electrons. The van der Waals surface area contributed by atoms with Gasteiger partial charge in [-0.05, 0) is 27.2 Å². The van der Waals surface area contributed by atoms with Crippen LogP contribution in [0.5, 0.6) is 0 Å². The van der Waals surface area contributed by atoms with Crippen molar-refractivity contribution in [3.8, 4) is 0 Å². The van der Waals surface area contributed by atoms with Crippen LogP contribution in [0.3, 0.4) is 0 Å². The van der Waals surface area contributed by atoms with Crippen LogP contribution in [0.2, 0.25) is 0 Å². The predicted octanol–water partition coefficient (Wildman–Crippen LogP) is 2.31. The first-order valence-corrected chi connectivity index (χ1v) is 5.29. The molecule has 0 unspecified atom stereocenters. The lowest BCUT2D eigenvalue weighted by Crippen LogP contribution is -2.31. The molecule has 3 heteroatoms. The van der Waals surface area contributed by atoms with Crippen LogP contribution < -0.4 is 0 Å². The maximum absolute atomic E-state index is 10.7. The van der Waals surface area contributed by atoms with Gasteiger partial charge in [-0.25, -0.2) is 0 Å². The SMILES string of the molecule is C=C(C)[C@H]1C[C@H](COC(C)=O)C(C)(C)O1. The fourth-order valence-corrected chi connectivity index (χ4v) is 1.84. The Morgan fingerprint density at radius 2 is 2.13 bits per heavy atom. The molecule has 0 N–H and O–H groups in total.